The maximum Gasteiger partial charge on any atom is 0.568 e. The fraction of sp³-hybridized carbons (Fsp3) is 0. The maximum absolute atomic E-state index is 5.84. The van der Waals surface area contributed by atoms with Crippen LogP contribution in [0.15, 0.2) is 24.7 Å². The lowest BCUT2D eigenvalue weighted by Gasteiger charge is -1.95. The Kier molecular flexibility index (Phi) is 2.46. The summed E-state index contributed by atoms with van der Waals surface area (Å²) in [5, 5.41) is 0.725. The number of imidazole rings is 1. The van der Waals surface area contributed by atoms with E-state index < -0.39 is 19.3 Å². The highest BCUT2D eigenvalue weighted by molar-refractivity contribution is 7.01. The summed E-state index contributed by atoms with van der Waals surface area (Å²) in [6.07, 6.45) is 3.64. The van der Waals surface area contributed by atoms with Crippen molar-refractivity contribution in [1.82, 2.24) is 9.38 Å². The molecule has 58 valence electrons. The molecule has 0 fully saturated rings. The van der Waals surface area contributed by atoms with E-state index in [0.717, 1.165) is 14.4 Å². The van der Waals surface area contributed by atoms with Crippen molar-refractivity contribution in [2.45, 2.75) is 0 Å². The summed E-state index contributed by atoms with van der Waals surface area (Å²) >= 11 is 5.11. The lowest BCUT2D eigenvalue weighted by Crippen LogP contribution is -2.10. The van der Waals surface area contributed by atoms with Gasteiger partial charge in [-0.05, 0) is 16.0 Å². The molecule has 0 aliphatic carbocycles. The van der Waals surface area contributed by atoms with Gasteiger partial charge in [-0.1, -0.05) is 11.6 Å². The molecule has 2 aromatic heterocycles. The number of nitrogens with zero attached hydrogens (tertiary/aromatic N) is 2. The molecular formula is C7H4Cl2MgN2. The molecule has 0 amide bonds. The van der Waals surface area contributed by atoms with Crippen molar-refractivity contribution in [3.05, 3.63) is 29.7 Å². The van der Waals surface area contributed by atoms with Crippen molar-refractivity contribution in [3.8, 4) is 0 Å². The maximum atomic E-state index is 5.84. The van der Waals surface area contributed by atoms with Crippen LogP contribution in [0.4, 0.5) is 0 Å². The fourth-order valence-corrected chi connectivity index (χ4v) is 2.47. The third-order valence-electron chi connectivity index (χ3n) is 1.71. The Labute approximate surface area is 88.0 Å². The summed E-state index contributed by atoms with van der Waals surface area (Å²) in [5.74, 6) is 0. The van der Waals surface area contributed by atoms with E-state index in [0.29, 0.717) is 0 Å². The molecule has 0 N–H and O–H groups in total. The van der Waals surface area contributed by atoms with Crippen LogP contribution in [0.2, 0.25) is 5.02 Å². The molecule has 0 aromatic carbocycles. The Hall–Kier alpha value is 0.0362. The molecule has 0 saturated carbocycles. The van der Waals surface area contributed by atoms with E-state index in [1.54, 1.807) is 6.33 Å². The van der Waals surface area contributed by atoms with Gasteiger partial charge >= 0.3 is 19.3 Å². The van der Waals surface area contributed by atoms with Gasteiger partial charge in [0.25, 0.3) is 0 Å². The molecule has 2 heterocycles. The molecule has 0 radical (unpaired) electrons. The number of hydrogen-bond acceptors (Lipinski definition) is 1. The molecule has 12 heavy (non-hydrogen) atoms. The Morgan fingerprint density at radius 2 is 2.33 bits per heavy atom. The zero-order valence-electron chi connectivity index (χ0n) is 6.17. The molecule has 0 spiro atoms. The van der Waals surface area contributed by atoms with Gasteiger partial charge < -0.3 is 13.5 Å². The predicted octanol–water partition coefficient (Wildman–Crippen LogP) is 1.47. The van der Waals surface area contributed by atoms with E-state index in [1.165, 1.54) is 0 Å². The van der Waals surface area contributed by atoms with Crippen LogP contribution in [-0.4, -0.2) is 28.6 Å². The number of rotatable bonds is 1. The van der Waals surface area contributed by atoms with Gasteiger partial charge in [-0.15, -0.1) is 0 Å². The van der Waals surface area contributed by atoms with Gasteiger partial charge in [0.15, 0.2) is 0 Å². The first-order chi connectivity index (χ1) is 5.81. The molecule has 2 rings (SSSR count). The average Bonchev–Trinajstić information content (AvgIpc) is 2.46. The predicted molar refractivity (Wildman–Crippen MR) is 51.4 cm³/mol. The minimum atomic E-state index is -0.723. The number of fused-ring (bicyclic) bond motifs is 1. The Balaban J connectivity index is 2.75. The second-order valence-corrected chi connectivity index (χ2v) is 4.64. The largest absolute Gasteiger partial charge is 0.568 e. The quantitative estimate of drug-likeness (QED) is 0.653. The lowest BCUT2D eigenvalue weighted by atomic mass is 10.4. The van der Waals surface area contributed by atoms with Gasteiger partial charge in [0, 0.05) is 16.7 Å². The third-order valence-corrected chi connectivity index (χ3v) is 3.50. The second-order valence-electron chi connectivity index (χ2n) is 2.46. The standard InChI is InChI=1S/C7H4ClN2.ClH.Mg/c8-6-1-2-10-5-9-4-7(10)3-6;;/h1-3,5H;1H;/q;;+1/p-1. The van der Waals surface area contributed by atoms with Crippen LogP contribution in [0.5, 0.6) is 0 Å². The first kappa shape index (κ1) is 8.63. The third kappa shape index (κ3) is 1.42. The lowest BCUT2D eigenvalue weighted by molar-refractivity contribution is 1.16. The highest BCUT2D eigenvalue weighted by atomic mass is 35.5. The van der Waals surface area contributed by atoms with E-state index >= 15 is 0 Å². The second kappa shape index (κ2) is 3.42. The van der Waals surface area contributed by atoms with E-state index in [4.69, 9.17) is 20.7 Å². The van der Waals surface area contributed by atoms with Crippen LogP contribution in [0.3, 0.4) is 0 Å². The summed E-state index contributed by atoms with van der Waals surface area (Å²) in [4.78, 5) is 4.19. The summed E-state index contributed by atoms with van der Waals surface area (Å²) < 4.78 is 2.93. The summed E-state index contributed by atoms with van der Waals surface area (Å²) in [7, 11) is 5.82. The minimum Gasteiger partial charge on any atom is -0.332 e. The molecule has 0 atom stereocenters. The topological polar surface area (TPSA) is 17.3 Å². The van der Waals surface area contributed by atoms with Crippen molar-refractivity contribution in [1.29, 1.82) is 0 Å². The molecule has 2 aromatic rings. The molecular weight excluding hydrogens is 207 g/mol. The van der Waals surface area contributed by atoms with Gasteiger partial charge in [-0.3, -0.25) is 4.98 Å². The van der Waals surface area contributed by atoms with Crippen molar-refractivity contribution >= 4 is 49.3 Å². The first-order valence-electron chi connectivity index (χ1n) is 3.48. The number of aromatic nitrogens is 2. The van der Waals surface area contributed by atoms with Crippen LogP contribution in [0.1, 0.15) is 0 Å². The van der Waals surface area contributed by atoms with Crippen LogP contribution in [0.25, 0.3) is 5.52 Å². The van der Waals surface area contributed by atoms with E-state index in [1.807, 2.05) is 22.7 Å². The zero-order valence-corrected chi connectivity index (χ0v) is 9.09. The molecule has 0 aliphatic rings. The normalized spacial score (nSPS) is 10.2. The minimum absolute atomic E-state index is 0.723. The molecule has 0 saturated heterocycles. The first-order valence-corrected chi connectivity index (χ1v) is 6.70. The van der Waals surface area contributed by atoms with Gasteiger partial charge in [0.05, 0.1) is 6.33 Å². The van der Waals surface area contributed by atoms with Gasteiger partial charge in [0.1, 0.15) is 0 Å². The van der Waals surface area contributed by atoms with Gasteiger partial charge in [-0.2, -0.15) is 0 Å². The number of halogens is 2. The van der Waals surface area contributed by atoms with Crippen LogP contribution < -0.4 is 3.82 Å². The molecule has 0 unspecified atom stereocenters. The van der Waals surface area contributed by atoms with E-state index in [9.17, 15) is 0 Å². The van der Waals surface area contributed by atoms with Crippen molar-refractivity contribution < 1.29 is 0 Å². The number of pyridine rings is 1. The molecule has 0 bridgehead atoms. The Bertz CT molecular complexity index is 413. The van der Waals surface area contributed by atoms with Crippen LogP contribution in [0, 0.1) is 0 Å². The highest BCUT2D eigenvalue weighted by Crippen LogP contribution is 2.10. The van der Waals surface area contributed by atoms with E-state index in [2.05, 4.69) is 4.98 Å². The zero-order chi connectivity index (χ0) is 8.55. The summed E-state index contributed by atoms with van der Waals surface area (Å²) in [6, 6.07) is 3.72. The van der Waals surface area contributed by atoms with E-state index in [-0.39, 0.29) is 0 Å². The van der Waals surface area contributed by atoms with Crippen molar-refractivity contribution in [3.63, 3.8) is 0 Å². The summed E-state index contributed by atoms with van der Waals surface area (Å²) in [6.45, 7) is 0. The van der Waals surface area contributed by atoms with Crippen molar-refractivity contribution in [2.24, 2.45) is 0 Å². The molecule has 5 heteroatoms. The van der Waals surface area contributed by atoms with Gasteiger partial charge in [0.2, 0.25) is 0 Å². The van der Waals surface area contributed by atoms with Gasteiger partial charge in [-0.25, -0.2) is 0 Å². The number of hydrogen-bond donors (Lipinski definition) is 0. The monoisotopic (exact) mass is 210 g/mol. The molecule has 0 aliphatic heterocycles. The smallest absolute Gasteiger partial charge is 0.332 e. The van der Waals surface area contributed by atoms with Crippen LogP contribution >= 0.6 is 20.7 Å². The molecule has 2 nitrogen and oxygen atoms in total. The van der Waals surface area contributed by atoms with Crippen LogP contribution in [-0.2, 0) is 0 Å². The summed E-state index contributed by atoms with van der Waals surface area (Å²) in [5.41, 5.74) is 1.03. The Morgan fingerprint density at radius 3 is 3.08 bits per heavy atom. The van der Waals surface area contributed by atoms with Crippen molar-refractivity contribution in [2.75, 3.05) is 0 Å². The highest BCUT2D eigenvalue weighted by Gasteiger charge is 2.05. The Morgan fingerprint density at radius 1 is 1.50 bits per heavy atom. The fourth-order valence-electron chi connectivity index (χ4n) is 1.12. The SMILES string of the molecule is [Cl][Mg][c]1ncn2ccc(Cl)cc12. The average molecular weight is 211 g/mol.